The van der Waals surface area contributed by atoms with Crippen LogP contribution in [0.4, 0.5) is 0 Å². The van der Waals surface area contributed by atoms with Crippen LogP contribution in [0.25, 0.3) is 6.08 Å². The van der Waals surface area contributed by atoms with Gasteiger partial charge in [-0.2, -0.15) is 0 Å². The van der Waals surface area contributed by atoms with E-state index in [0.717, 1.165) is 27.8 Å². The van der Waals surface area contributed by atoms with E-state index in [4.69, 9.17) is 11.6 Å². The van der Waals surface area contributed by atoms with Crippen molar-refractivity contribution in [1.29, 1.82) is 0 Å². The summed E-state index contributed by atoms with van der Waals surface area (Å²) < 4.78 is 0. The molecule has 1 atom stereocenters. The third kappa shape index (κ3) is 3.76. The second kappa shape index (κ2) is 7.20. The first-order valence-electron chi connectivity index (χ1n) is 8.79. The number of amides is 1. The summed E-state index contributed by atoms with van der Waals surface area (Å²) in [6, 6.07) is 10.8. The molecular weight excluding hydrogens is 362 g/mol. The van der Waals surface area contributed by atoms with E-state index in [1.165, 1.54) is 0 Å². The number of halogens is 1. The molecule has 3 rings (SSSR count). The average Bonchev–Trinajstić information content (AvgIpc) is 2.94. The van der Waals surface area contributed by atoms with Crippen molar-refractivity contribution < 1.29 is 14.7 Å². The van der Waals surface area contributed by atoms with Crippen molar-refractivity contribution in [2.75, 3.05) is 0 Å². The zero-order valence-electron chi connectivity index (χ0n) is 15.6. The Balaban J connectivity index is 1.97. The highest BCUT2D eigenvalue weighted by Crippen LogP contribution is 2.33. The molecule has 0 spiro atoms. The van der Waals surface area contributed by atoms with Gasteiger partial charge in [0.25, 0.3) is 5.91 Å². The molecule has 0 saturated carbocycles. The quantitative estimate of drug-likeness (QED) is 0.821. The Kier molecular flexibility index (Phi) is 5.11. The molecule has 5 heteroatoms. The molecule has 0 heterocycles. The van der Waals surface area contributed by atoms with E-state index in [0.29, 0.717) is 10.6 Å². The lowest BCUT2D eigenvalue weighted by Gasteiger charge is -2.26. The van der Waals surface area contributed by atoms with Gasteiger partial charge >= 0.3 is 5.97 Å². The predicted octanol–water partition coefficient (Wildman–Crippen LogP) is 4.42. The lowest BCUT2D eigenvalue weighted by atomic mass is 9.93. The molecule has 1 aliphatic rings. The van der Waals surface area contributed by atoms with E-state index in [1.54, 1.807) is 18.2 Å². The number of carbonyl (C=O) groups excluding carboxylic acids is 1. The smallest absolute Gasteiger partial charge is 0.330 e. The molecule has 27 heavy (non-hydrogen) atoms. The molecule has 4 nitrogen and oxygen atoms in total. The van der Waals surface area contributed by atoms with Crippen molar-refractivity contribution in [3.05, 3.63) is 74.8 Å². The molecule has 0 radical (unpaired) electrons. The van der Waals surface area contributed by atoms with E-state index in [-0.39, 0.29) is 18.7 Å². The van der Waals surface area contributed by atoms with Crippen LogP contribution in [0.1, 0.15) is 46.5 Å². The first-order valence-corrected chi connectivity index (χ1v) is 9.17. The van der Waals surface area contributed by atoms with Crippen LogP contribution in [0, 0.1) is 6.92 Å². The third-order valence-electron chi connectivity index (χ3n) is 4.92. The van der Waals surface area contributed by atoms with E-state index in [9.17, 15) is 14.7 Å². The number of carboxylic acid groups (broad SMARTS) is 1. The minimum absolute atomic E-state index is 0.216. The van der Waals surface area contributed by atoms with Gasteiger partial charge in [-0.05, 0) is 61.2 Å². The summed E-state index contributed by atoms with van der Waals surface area (Å²) in [6.45, 7) is 5.86. The van der Waals surface area contributed by atoms with Crippen LogP contribution in [-0.2, 0) is 17.6 Å². The molecule has 0 bridgehead atoms. The molecule has 1 amide bonds. The molecule has 0 aliphatic heterocycles. The minimum Gasteiger partial charge on any atom is -0.479 e. The zero-order valence-corrected chi connectivity index (χ0v) is 16.4. The van der Waals surface area contributed by atoms with Crippen molar-refractivity contribution in [2.45, 2.75) is 39.2 Å². The lowest BCUT2D eigenvalue weighted by Crippen LogP contribution is -2.55. The van der Waals surface area contributed by atoms with Crippen molar-refractivity contribution in [3.63, 3.8) is 0 Å². The fraction of sp³-hybridized carbons (Fsp3) is 0.273. The van der Waals surface area contributed by atoms with Gasteiger partial charge in [0, 0.05) is 23.4 Å². The van der Waals surface area contributed by atoms with Gasteiger partial charge in [0.1, 0.15) is 5.54 Å². The molecule has 2 aromatic carbocycles. The Labute approximate surface area is 163 Å². The fourth-order valence-corrected chi connectivity index (χ4v) is 3.78. The highest BCUT2D eigenvalue weighted by molar-refractivity contribution is 6.30. The van der Waals surface area contributed by atoms with Gasteiger partial charge in [-0.15, -0.1) is 0 Å². The monoisotopic (exact) mass is 383 g/mol. The summed E-state index contributed by atoms with van der Waals surface area (Å²) in [4.78, 5) is 25.2. The maximum atomic E-state index is 13.1. The highest BCUT2D eigenvalue weighted by atomic mass is 35.5. The molecule has 0 saturated heterocycles. The Morgan fingerprint density at radius 3 is 2.52 bits per heavy atom. The Bertz CT molecular complexity index is 960. The number of allylic oxidation sites excluding steroid dienone is 1. The van der Waals surface area contributed by atoms with Crippen LogP contribution in [-0.4, -0.2) is 22.5 Å². The van der Waals surface area contributed by atoms with E-state index < -0.39 is 11.5 Å². The summed E-state index contributed by atoms with van der Waals surface area (Å²) in [5, 5.41) is 13.3. The molecule has 140 valence electrons. The van der Waals surface area contributed by atoms with Crippen LogP contribution in [0.2, 0.25) is 5.02 Å². The lowest BCUT2D eigenvalue weighted by molar-refractivity contribution is -0.144. The number of hydrogen-bond donors (Lipinski definition) is 2. The number of benzene rings is 2. The second-order valence-corrected chi connectivity index (χ2v) is 7.80. The van der Waals surface area contributed by atoms with E-state index >= 15 is 0 Å². The van der Waals surface area contributed by atoms with Crippen molar-refractivity contribution in [3.8, 4) is 0 Å². The topological polar surface area (TPSA) is 66.4 Å². The van der Waals surface area contributed by atoms with Crippen molar-refractivity contribution in [2.24, 2.45) is 0 Å². The Hall–Kier alpha value is -2.59. The van der Waals surface area contributed by atoms with Gasteiger partial charge in [0.15, 0.2) is 0 Å². The first kappa shape index (κ1) is 19.2. The standard InChI is InChI=1S/C22H22ClNO3/c1-13(2)9-19-14(3)5-4-6-18(19)20(25)24-22(21(26)27)11-15-7-8-17(23)10-16(15)12-22/h4-10H,11-12H2,1-3H3,(H,24,25)(H,26,27). The van der Waals surface area contributed by atoms with Crippen LogP contribution in [0.5, 0.6) is 0 Å². The summed E-state index contributed by atoms with van der Waals surface area (Å²) in [5.74, 6) is -1.42. The van der Waals surface area contributed by atoms with E-state index in [1.807, 2.05) is 45.0 Å². The third-order valence-corrected chi connectivity index (χ3v) is 5.15. The molecule has 0 aromatic heterocycles. The van der Waals surface area contributed by atoms with Crippen LogP contribution in [0.15, 0.2) is 42.0 Å². The summed E-state index contributed by atoms with van der Waals surface area (Å²) in [7, 11) is 0. The molecular formula is C22H22ClNO3. The molecule has 1 unspecified atom stereocenters. The molecule has 1 aliphatic carbocycles. The van der Waals surface area contributed by atoms with Gasteiger partial charge in [0.2, 0.25) is 0 Å². The fourth-order valence-electron chi connectivity index (χ4n) is 3.58. The van der Waals surface area contributed by atoms with Crippen molar-refractivity contribution >= 4 is 29.6 Å². The number of aliphatic carboxylic acids is 1. The number of carboxylic acids is 1. The van der Waals surface area contributed by atoms with Gasteiger partial charge < -0.3 is 10.4 Å². The van der Waals surface area contributed by atoms with Crippen LogP contribution >= 0.6 is 11.6 Å². The molecule has 0 fully saturated rings. The van der Waals surface area contributed by atoms with Gasteiger partial charge in [-0.1, -0.05) is 41.4 Å². The SMILES string of the molecule is CC(C)=Cc1c(C)cccc1C(=O)NC1(C(=O)O)Cc2ccc(Cl)cc2C1. The minimum atomic E-state index is -1.36. The molecule has 2 aromatic rings. The van der Waals surface area contributed by atoms with Gasteiger partial charge in [-0.25, -0.2) is 4.79 Å². The first-order chi connectivity index (χ1) is 12.7. The normalized spacial score (nSPS) is 17.9. The maximum absolute atomic E-state index is 13.1. The second-order valence-electron chi connectivity index (χ2n) is 7.37. The summed E-state index contributed by atoms with van der Waals surface area (Å²) >= 11 is 6.04. The largest absolute Gasteiger partial charge is 0.479 e. The van der Waals surface area contributed by atoms with Gasteiger partial charge in [0.05, 0.1) is 0 Å². The number of carbonyl (C=O) groups is 2. The van der Waals surface area contributed by atoms with Crippen LogP contribution < -0.4 is 5.32 Å². The number of hydrogen-bond acceptors (Lipinski definition) is 2. The molecule has 2 N–H and O–H groups in total. The zero-order chi connectivity index (χ0) is 19.8. The summed E-state index contributed by atoms with van der Waals surface area (Å²) in [5.41, 5.74) is 3.72. The number of aryl methyl sites for hydroxylation is 1. The number of nitrogens with one attached hydrogen (secondary N) is 1. The maximum Gasteiger partial charge on any atom is 0.330 e. The summed E-state index contributed by atoms with van der Waals surface area (Å²) in [6.07, 6.45) is 2.40. The predicted molar refractivity (Wildman–Crippen MR) is 107 cm³/mol. The number of fused-ring (bicyclic) bond motifs is 1. The van der Waals surface area contributed by atoms with E-state index in [2.05, 4.69) is 5.32 Å². The highest BCUT2D eigenvalue weighted by Gasteiger charge is 2.45. The Morgan fingerprint density at radius 1 is 1.15 bits per heavy atom. The average molecular weight is 384 g/mol. The Morgan fingerprint density at radius 2 is 1.85 bits per heavy atom. The van der Waals surface area contributed by atoms with Crippen molar-refractivity contribution in [1.82, 2.24) is 5.32 Å². The number of rotatable bonds is 4. The van der Waals surface area contributed by atoms with Gasteiger partial charge in [-0.3, -0.25) is 4.79 Å². The van der Waals surface area contributed by atoms with Crippen LogP contribution in [0.3, 0.4) is 0 Å².